The number of para-hydroxylation sites is 1. The summed E-state index contributed by atoms with van der Waals surface area (Å²) in [5, 5.41) is 4.78. The van der Waals surface area contributed by atoms with Crippen molar-refractivity contribution in [3.8, 4) is 0 Å². The highest BCUT2D eigenvalue weighted by Crippen LogP contribution is 2.28. The summed E-state index contributed by atoms with van der Waals surface area (Å²) >= 11 is 0. The molecule has 2 nitrogen and oxygen atoms in total. The standard InChI is InChI=1S/C14H17NO/c1-2-7-12(15-9-5-1)14-10-11-6-3-4-8-13(11)16-14/h3-4,6,8,10,12,15H,1-2,5,7,9H2. The zero-order valence-electron chi connectivity index (χ0n) is 9.41. The van der Waals surface area contributed by atoms with E-state index in [4.69, 9.17) is 4.42 Å². The van der Waals surface area contributed by atoms with Crippen LogP contribution in [0.3, 0.4) is 0 Å². The maximum absolute atomic E-state index is 5.90. The Kier molecular flexibility index (Phi) is 2.66. The third kappa shape index (κ3) is 1.85. The lowest BCUT2D eigenvalue weighted by Crippen LogP contribution is -2.19. The molecular formula is C14H17NO. The van der Waals surface area contributed by atoms with Gasteiger partial charge in [-0.25, -0.2) is 0 Å². The van der Waals surface area contributed by atoms with Gasteiger partial charge in [-0.2, -0.15) is 0 Å². The normalized spacial score (nSPS) is 22.1. The van der Waals surface area contributed by atoms with Crippen molar-refractivity contribution in [1.29, 1.82) is 0 Å². The van der Waals surface area contributed by atoms with Crippen molar-refractivity contribution in [1.82, 2.24) is 5.32 Å². The summed E-state index contributed by atoms with van der Waals surface area (Å²) in [5.74, 6) is 1.10. The number of nitrogens with one attached hydrogen (secondary N) is 1. The maximum Gasteiger partial charge on any atom is 0.134 e. The summed E-state index contributed by atoms with van der Waals surface area (Å²) in [4.78, 5) is 0. The van der Waals surface area contributed by atoms with Crippen molar-refractivity contribution in [2.24, 2.45) is 0 Å². The van der Waals surface area contributed by atoms with Crippen LogP contribution in [0.25, 0.3) is 11.0 Å². The van der Waals surface area contributed by atoms with Gasteiger partial charge < -0.3 is 9.73 Å². The Hall–Kier alpha value is -1.28. The highest BCUT2D eigenvalue weighted by atomic mass is 16.3. The second-order valence-electron chi connectivity index (χ2n) is 4.54. The molecule has 2 aromatic rings. The smallest absolute Gasteiger partial charge is 0.134 e. The van der Waals surface area contributed by atoms with Gasteiger partial charge in [-0.1, -0.05) is 31.0 Å². The molecule has 1 aliphatic rings. The molecule has 16 heavy (non-hydrogen) atoms. The van der Waals surface area contributed by atoms with E-state index < -0.39 is 0 Å². The number of rotatable bonds is 1. The van der Waals surface area contributed by atoms with Crippen molar-refractivity contribution >= 4 is 11.0 Å². The average Bonchev–Trinajstić information content (AvgIpc) is 2.56. The van der Waals surface area contributed by atoms with Crippen LogP contribution in [0.15, 0.2) is 34.7 Å². The highest BCUT2D eigenvalue weighted by Gasteiger charge is 2.17. The molecular weight excluding hydrogens is 198 g/mol. The van der Waals surface area contributed by atoms with Crippen LogP contribution >= 0.6 is 0 Å². The van der Waals surface area contributed by atoms with Gasteiger partial charge in [0, 0.05) is 5.39 Å². The van der Waals surface area contributed by atoms with E-state index in [2.05, 4.69) is 23.5 Å². The van der Waals surface area contributed by atoms with Crippen molar-refractivity contribution in [3.05, 3.63) is 36.1 Å². The molecule has 0 spiro atoms. The monoisotopic (exact) mass is 215 g/mol. The van der Waals surface area contributed by atoms with E-state index in [1.807, 2.05) is 12.1 Å². The summed E-state index contributed by atoms with van der Waals surface area (Å²) in [6, 6.07) is 10.8. The first-order chi connectivity index (χ1) is 7.93. The van der Waals surface area contributed by atoms with E-state index in [0.29, 0.717) is 6.04 Å². The van der Waals surface area contributed by atoms with Crippen LogP contribution in [0.1, 0.15) is 37.5 Å². The molecule has 1 unspecified atom stereocenters. The first-order valence-electron chi connectivity index (χ1n) is 6.15. The Morgan fingerprint density at radius 1 is 1.12 bits per heavy atom. The fraction of sp³-hybridized carbons (Fsp3) is 0.429. The van der Waals surface area contributed by atoms with Gasteiger partial charge in [-0.3, -0.25) is 0 Å². The van der Waals surface area contributed by atoms with Crippen LogP contribution in [-0.2, 0) is 0 Å². The molecule has 1 saturated heterocycles. The second kappa shape index (κ2) is 4.30. The van der Waals surface area contributed by atoms with E-state index in [-0.39, 0.29) is 0 Å². The predicted octanol–water partition coefficient (Wildman–Crippen LogP) is 3.64. The Labute approximate surface area is 95.6 Å². The Balaban J connectivity index is 1.92. The first-order valence-corrected chi connectivity index (χ1v) is 6.15. The molecule has 1 aromatic carbocycles. The topological polar surface area (TPSA) is 25.2 Å². The minimum atomic E-state index is 0.412. The summed E-state index contributed by atoms with van der Waals surface area (Å²) in [5.41, 5.74) is 1.00. The van der Waals surface area contributed by atoms with Gasteiger partial charge in [0.1, 0.15) is 11.3 Å². The van der Waals surface area contributed by atoms with E-state index in [0.717, 1.165) is 17.9 Å². The number of benzene rings is 1. The van der Waals surface area contributed by atoms with Gasteiger partial charge in [0.05, 0.1) is 6.04 Å². The van der Waals surface area contributed by atoms with Crippen LogP contribution in [0.4, 0.5) is 0 Å². The zero-order valence-corrected chi connectivity index (χ0v) is 9.41. The minimum absolute atomic E-state index is 0.412. The van der Waals surface area contributed by atoms with Gasteiger partial charge in [-0.15, -0.1) is 0 Å². The van der Waals surface area contributed by atoms with Gasteiger partial charge in [0.2, 0.25) is 0 Å². The van der Waals surface area contributed by atoms with Gasteiger partial charge in [0.25, 0.3) is 0 Å². The summed E-state index contributed by atoms with van der Waals surface area (Å²) in [6.45, 7) is 1.11. The Morgan fingerprint density at radius 2 is 2.06 bits per heavy atom. The molecule has 84 valence electrons. The zero-order chi connectivity index (χ0) is 10.8. The third-order valence-electron chi connectivity index (χ3n) is 3.35. The van der Waals surface area contributed by atoms with Crippen molar-refractivity contribution < 1.29 is 4.42 Å². The molecule has 1 N–H and O–H groups in total. The van der Waals surface area contributed by atoms with E-state index in [1.54, 1.807) is 0 Å². The van der Waals surface area contributed by atoms with Crippen molar-refractivity contribution in [2.45, 2.75) is 31.7 Å². The van der Waals surface area contributed by atoms with Crippen molar-refractivity contribution in [3.63, 3.8) is 0 Å². The van der Waals surface area contributed by atoms with Crippen LogP contribution in [0.2, 0.25) is 0 Å². The van der Waals surface area contributed by atoms with Gasteiger partial charge in [-0.05, 0) is 31.5 Å². The van der Waals surface area contributed by atoms with E-state index >= 15 is 0 Å². The number of hydrogen-bond donors (Lipinski definition) is 1. The lowest BCUT2D eigenvalue weighted by molar-refractivity contribution is 0.426. The van der Waals surface area contributed by atoms with Crippen LogP contribution in [-0.4, -0.2) is 6.54 Å². The van der Waals surface area contributed by atoms with Crippen LogP contribution in [0, 0.1) is 0 Å². The molecule has 3 rings (SSSR count). The Morgan fingerprint density at radius 3 is 3.00 bits per heavy atom. The fourth-order valence-electron chi connectivity index (χ4n) is 2.45. The second-order valence-corrected chi connectivity index (χ2v) is 4.54. The summed E-state index contributed by atoms with van der Waals surface area (Å²) < 4.78 is 5.90. The lowest BCUT2D eigenvalue weighted by Gasteiger charge is -2.11. The number of furan rings is 1. The number of hydrogen-bond acceptors (Lipinski definition) is 2. The quantitative estimate of drug-likeness (QED) is 0.785. The third-order valence-corrected chi connectivity index (χ3v) is 3.35. The molecule has 0 amide bonds. The lowest BCUT2D eigenvalue weighted by atomic mass is 10.1. The molecule has 2 heterocycles. The van der Waals surface area contributed by atoms with Crippen LogP contribution < -0.4 is 5.32 Å². The first kappa shape index (κ1) is 9.91. The molecule has 0 radical (unpaired) electrons. The molecule has 0 bridgehead atoms. The fourth-order valence-corrected chi connectivity index (χ4v) is 2.45. The SMILES string of the molecule is c1ccc2oc(C3CCCCCN3)cc2c1. The van der Waals surface area contributed by atoms with Crippen LogP contribution in [0.5, 0.6) is 0 Å². The van der Waals surface area contributed by atoms with E-state index in [1.165, 1.54) is 31.1 Å². The summed E-state index contributed by atoms with van der Waals surface area (Å²) in [7, 11) is 0. The molecule has 1 aliphatic heterocycles. The minimum Gasteiger partial charge on any atom is -0.459 e. The van der Waals surface area contributed by atoms with Crippen molar-refractivity contribution in [2.75, 3.05) is 6.54 Å². The molecule has 1 fully saturated rings. The highest BCUT2D eigenvalue weighted by molar-refractivity contribution is 5.77. The molecule has 2 heteroatoms. The summed E-state index contributed by atoms with van der Waals surface area (Å²) in [6.07, 6.45) is 5.12. The molecule has 1 aromatic heterocycles. The van der Waals surface area contributed by atoms with Gasteiger partial charge >= 0.3 is 0 Å². The predicted molar refractivity (Wildman–Crippen MR) is 65.4 cm³/mol. The van der Waals surface area contributed by atoms with Gasteiger partial charge in [0.15, 0.2) is 0 Å². The largest absolute Gasteiger partial charge is 0.459 e. The molecule has 0 aliphatic carbocycles. The number of fused-ring (bicyclic) bond motifs is 1. The Bertz CT molecular complexity index is 433. The molecule has 0 saturated carbocycles. The van der Waals surface area contributed by atoms with E-state index in [9.17, 15) is 0 Å². The maximum atomic E-state index is 5.90. The average molecular weight is 215 g/mol. The molecule has 1 atom stereocenters.